The number of amides is 2. The molecule has 0 aliphatic carbocycles. The number of carbonyl (C=O) groups excluding carboxylic acids is 2. The highest BCUT2D eigenvalue weighted by Crippen LogP contribution is 2.13. The van der Waals surface area contributed by atoms with Gasteiger partial charge in [-0.15, -0.1) is 11.8 Å². The summed E-state index contributed by atoms with van der Waals surface area (Å²) in [5.41, 5.74) is 0. The lowest BCUT2D eigenvalue weighted by Gasteiger charge is -2.35. The molecule has 2 amide bonds. The second kappa shape index (κ2) is 6.58. The SMILES string of the molecule is CN(C)C(=O)CN1CCN(C(=O)C2CSCN2)CC1. The summed E-state index contributed by atoms with van der Waals surface area (Å²) in [6.45, 7) is 3.47. The van der Waals surface area contributed by atoms with Crippen molar-refractivity contribution in [3.8, 4) is 0 Å². The molecular formula is C12H22N4O2S. The van der Waals surface area contributed by atoms with E-state index in [-0.39, 0.29) is 17.9 Å². The van der Waals surface area contributed by atoms with E-state index in [2.05, 4.69) is 10.2 Å². The molecule has 7 heteroatoms. The van der Waals surface area contributed by atoms with Crippen LogP contribution in [0.3, 0.4) is 0 Å². The minimum Gasteiger partial charge on any atom is -0.348 e. The highest BCUT2D eigenvalue weighted by atomic mass is 32.2. The first-order valence-corrected chi connectivity index (χ1v) is 7.76. The molecule has 0 aromatic carbocycles. The first-order valence-electron chi connectivity index (χ1n) is 6.60. The first-order chi connectivity index (χ1) is 9.08. The highest BCUT2D eigenvalue weighted by Gasteiger charge is 2.29. The number of likely N-dealkylation sites (N-methyl/N-ethyl adjacent to an activating group) is 1. The van der Waals surface area contributed by atoms with Crippen LogP contribution < -0.4 is 5.32 Å². The van der Waals surface area contributed by atoms with Crippen molar-refractivity contribution in [3.63, 3.8) is 0 Å². The standard InChI is InChI=1S/C12H22N4O2S/c1-14(2)11(17)7-15-3-5-16(6-4-15)12(18)10-8-19-9-13-10/h10,13H,3-9H2,1-2H3. The lowest BCUT2D eigenvalue weighted by molar-refractivity contribution is -0.135. The van der Waals surface area contributed by atoms with Crippen molar-refractivity contribution in [1.82, 2.24) is 20.0 Å². The second-order valence-corrected chi connectivity index (χ2v) is 6.19. The van der Waals surface area contributed by atoms with Gasteiger partial charge in [0.15, 0.2) is 0 Å². The smallest absolute Gasteiger partial charge is 0.240 e. The van der Waals surface area contributed by atoms with Crippen molar-refractivity contribution in [2.45, 2.75) is 6.04 Å². The van der Waals surface area contributed by atoms with E-state index >= 15 is 0 Å². The number of hydrogen-bond acceptors (Lipinski definition) is 5. The largest absolute Gasteiger partial charge is 0.348 e. The third-order valence-electron chi connectivity index (χ3n) is 3.56. The number of piperazine rings is 1. The number of carbonyl (C=O) groups is 2. The molecule has 0 spiro atoms. The van der Waals surface area contributed by atoms with E-state index in [0.29, 0.717) is 6.54 Å². The van der Waals surface area contributed by atoms with E-state index in [0.717, 1.165) is 37.8 Å². The van der Waals surface area contributed by atoms with Crippen LogP contribution in [0.1, 0.15) is 0 Å². The first kappa shape index (κ1) is 14.6. The zero-order chi connectivity index (χ0) is 13.8. The van der Waals surface area contributed by atoms with Crippen LogP contribution in [-0.4, -0.2) is 91.0 Å². The Labute approximate surface area is 118 Å². The summed E-state index contributed by atoms with van der Waals surface area (Å²) in [5, 5.41) is 3.21. The van der Waals surface area contributed by atoms with Crippen LogP contribution in [0.2, 0.25) is 0 Å². The minimum absolute atomic E-state index is 0.0139. The van der Waals surface area contributed by atoms with Gasteiger partial charge in [-0.1, -0.05) is 0 Å². The number of nitrogens with zero attached hydrogens (tertiary/aromatic N) is 3. The molecule has 2 aliphatic heterocycles. The van der Waals surface area contributed by atoms with Crippen molar-refractivity contribution >= 4 is 23.6 Å². The molecule has 0 bridgehead atoms. The summed E-state index contributed by atoms with van der Waals surface area (Å²) in [7, 11) is 3.54. The highest BCUT2D eigenvalue weighted by molar-refractivity contribution is 7.99. The van der Waals surface area contributed by atoms with Crippen molar-refractivity contribution in [3.05, 3.63) is 0 Å². The molecule has 108 valence electrons. The Morgan fingerprint density at radius 3 is 2.47 bits per heavy atom. The lowest BCUT2D eigenvalue weighted by atomic mass is 10.2. The summed E-state index contributed by atoms with van der Waals surface area (Å²) in [6, 6.07) is -0.0139. The predicted molar refractivity (Wildman–Crippen MR) is 76.0 cm³/mol. The average molecular weight is 286 g/mol. The third kappa shape index (κ3) is 3.84. The molecule has 1 unspecified atom stereocenters. The van der Waals surface area contributed by atoms with E-state index in [4.69, 9.17) is 0 Å². The monoisotopic (exact) mass is 286 g/mol. The van der Waals surface area contributed by atoms with Crippen molar-refractivity contribution in [1.29, 1.82) is 0 Å². The van der Waals surface area contributed by atoms with E-state index in [1.54, 1.807) is 30.8 Å². The summed E-state index contributed by atoms with van der Waals surface area (Å²) in [6.07, 6.45) is 0. The molecule has 1 atom stereocenters. The fraction of sp³-hybridized carbons (Fsp3) is 0.833. The maximum Gasteiger partial charge on any atom is 0.240 e. The van der Waals surface area contributed by atoms with Gasteiger partial charge in [-0.3, -0.25) is 19.8 Å². The molecule has 0 aromatic heterocycles. The molecule has 2 fully saturated rings. The van der Waals surface area contributed by atoms with Crippen LogP contribution >= 0.6 is 11.8 Å². The van der Waals surface area contributed by atoms with Gasteiger partial charge in [0.05, 0.1) is 12.6 Å². The summed E-state index contributed by atoms with van der Waals surface area (Å²) in [4.78, 5) is 29.5. The van der Waals surface area contributed by atoms with Crippen molar-refractivity contribution in [2.75, 3.05) is 58.4 Å². The number of thioether (sulfide) groups is 1. The molecular weight excluding hydrogens is 264 g/mol. The second-order valence-electron chi connectivity index (χ2n) is 5.16. The van der Waals surface area contributed by atoms with E-state index in [1.807, 2.05) is 4.90 Å². The van der Waals surface area contributed by atoms with Crippen LogP contribution in [0.4, 0.5) is 0 Å². The molecule has 2 aliphatic rings. The van der Waals surface area contributed by atoms with Crippen LogP contribution in [0, 0.1) is 0 Å². The Morgan fingerprint density at radius 1 is 1.26 bits per heavy atom. The van der Waals surface area contributed by atoms with Crippen molar-refractivity contribution in [2.24, 2.45) is 0 Å². The topological polar surface area (TPSA) is 55.9 Å². The van der Waals surface area contributed by atoms with Gasteiger partial charge >= 0.3 is 0 Å². The van der Waals surface area contributed by atoms with Gasteiger partial charge in [-0.2, -0.15) is 0 Å². The molecule has 0 saturated carbocycles. The van der Waals surface area contributed by atoms with Gasteiger partial charge in [-0.05, 0) is 0 Å². The van der Waals surface area contributed by atoms with Crippen LogP contribution in [0.15, 0.2) is 0 Å². The predicted octanol–water partition coefficient (Wildman–Crippen LogP) is -1.12. The maximum absolute atomic E-state index is 12.2. The number of nitrogens with one attached hydrogen (secondary N) is 1. The van der Waals surface area contributed by atoms with E-state index < -0.39 is 0 Å². The Kier molecular flexibility index (Phi) is 5.06. The van der Waals surface area contributed by atoms with Gasteiger partial charge in [0.25, 0.3) is 0 Å². The minimum atomic E-state index is -0.0139. The molecule has 2 saturated heterocycles. The van der Waals surface area contributed by atoms with Crippen molar-refractivity contribution < 1.29 is 9.59 Å². The summed E-state index contributed by atoms with van der Waals surface area (Å²) in [5.74, 6) is 2.07. The van der Waals surface area contributed by atoms with Gasteiger partial charge in [0.1, 0.15) is 0 Å². The Morgan fingerprint density at radius 2 is 1.95 bits per heavy atom. The average Bonchev–Trinajstić information content (AvgIpc) is 2.92. The number of hydrogen-bond donors (Lipinski definition) is 1. The van der Waals surface area contributed by atoms with E-state index in [1.165, 1.54) is 0 Å². The van der Waals surface area contributed by atoms with Gasteiger partial charge in [0, 0.05) is 51.9 Å². The molecule has 2 heterocycles. The molecule has 0 aromatic rings. The Bertz CT molecular complexity index is 337. The normalized spacial score (nSPS) is 24.5. The van der Waals surface area contributed by atoms with E-state index in [9.17, 15) is 9.59 Å². The van der Waals surface area contributed by atoms with Gasteiger partial charge < -0.3 is 9.80 Å². The van der Waals surface area contributed by atoms with Gasteiger partial charge in [-0.25, -0.2) is 0 Å². The van der Waals surface area contributed by atoms with Crippen LogP contribution in [-0.2, 0) is 9.59 Å². The molecule has 6 nitrogen and oxygen atoms in total. The quantitative estimate of drug-likeness (QED) is 0.712. The molecule has 2 rings (SSSR count). The number of rotatable bonds is 3. The fourth-order valence-corrected chi connectivity index (χ4v) is 3.17. The van der Waals surface area contributed by atoms with Crippen LogP contribution in [0.25, 0.3) is 0 Å². The molecule has 0 radical (unpaired) electrons. The lowest BCUT2D eigenvalue weighted by Crippen LogP contribution is -2.54. The Hall–Kier alpha value is -0.790. The third-order valence-corrected chi connectivity index (χ3v) is 4.50. The summed E-state index contributed by atoms with van der Waals surface area (Å²) >= 11 is 1.77. The molecule has 19 heavy (non-hydrogen) atoms. The summed E-state index contributed by atoms with van der Waals surface area (Å²) < 4.78 is 0. The zero-order valence-corrected chi connectivity index (χ0v) is 12.4. The fourth-order valence-electron chi connectivity index (χ4n) is 2.23. The maximum atomic E-state index is 12.2. The van der Waals surface area contributed by atoms with Gasteiger partial charge in [0.2, 0.25) is 11.8 Å². The Balaban J connectivity index is 1.75. The zero-order valence-electron chi connectivity index (χ0n) is 11.6. The molecule has 1 N–H and O–H groups in total. The van der Waals surface area contributed by atoms with Crippen LogP contribution in [0.5, 0.6) is 0 Å².